The van der Waals surface area contributed by atoms with Gasteiger partial charge in [-0.3, -0.25) is 4.79 Å². The number of likely N-dealkylation sites (tertiary alicyclic amines) is 1. The van der Waals surface area contributed by atoms with Crippen LogP contribution < -0.4 is 5.32 Å². The molecule has 0 radical (unpaired) electrons. The fraction of sp³-hybridized carbons (Fsp3) is 0.481. The lowest BCUT2D eigenvalue weighted by atomic mass is 9.90. The highest BCUT2D eigenvalue weighted by Gasteiger charge is 2.32. The summed E-state index contributed by atoms with van der Waals surface area (Å²) in [6.45, 7) is 8.20. The van der Waals surface area contributed by atoms with Gasteiger partial charge in [-0.25, -0.2) is 4.79 Å². The molecule has 0 spiro atoms. The molecule has 0 aromatic heterocycles. The second-order valence-electron chi connectivity index (χ2n) is 9.56. The van der Waals surface area contributed by atoms with Crippen molar-refractivity contribution in [2.75, 3.05) is 18.4 Å². The highest BCUT2D eigenvalue weighted by Crippen LogP contribution is 2.30. The maximum absolute atomic E-state index is 13.0. The molecule has 1 N–H and O–H groups in total. The molecule has 5 nitrogen and oxygen atoms in total. The summed E-state index contributed by atoms with van der Waals surface area (Å²) in [5, 5.41) is 3.09. The number of urea groups is 1. The van der Waals surface area contributed by atoms with E-state index in [0.29, 0.717) is 18.5 Å². The van der Waals surface area contributed by atoms with Crippen molar-refractivity contribution in [2.24, 2.45) is 5.92 Å². The average Bonchev–Trinajstić information content (AvgIpc) is 3.61. The van der Waals surface area contributed by atoms with Gasteiger partial charge in [-0.1, -0.05) is 30.3 Å². The van der Waals surface area contributed by atoms with Crippen LogP contribution in [0.1, 0.15) is 54.9 Å². The molecule has 32 heavy (non-hydrogen) atoms. The summed E-state index contributed by atoms with van der Waals surface area (Å²) in [4.78, 5) is 28.4. The van der Waals surface area contributed by atoms with E-state index in [0.717, 1.165) is 50.9 Å². The minimum absolute atomic E-state index is 0.0166. The molecule has 170 valence electrons. The van der Waals surface area contributed by atoms with Crippen molar-refractivity contribution in [1.29, 1.82) is 0 Å². The van der Waals surface area contributed by atoms with Gasteiger partial charge in [-0.15, -0.1) is 0 Å². The van der Waals surface area contributed by atoms with Gasteiger partial charge in [-0.2, -0.15) is 0 Å². The van der Waals surface area contributed by atoms with Crippen LogP contribution in [0, 0.1) is 19.8 Å². The smallest absolute Gasteiger partial charge is 0.322 e. The second-order valence-corrected chi connectivity index (χ2v) is 9.56. The Morgan fingerprint density at radius 2 is 1.59 bits per heavy atom. The van der Waals surface area contributed by atoms with E-state index in [9.17, 15) is 9.59 Å². The zero-order valence-corrected chi connectivity index (χ0v) is 19.6. The molecular formula is C27H35N3O2. The van der Waals surface area contributed by atoms with Crippen LogP contribution in [0.5, 0.6) is 0 Å². The number of rotatable bonds is 6. The molecule has 5 heteroatoms. The summed E-state index contributed by atoms with van der Waals surface area (Å²) in [6.07, 6.45) is 5.38. The maximum atomic E-state index is 13.0. The van der Waals surface area contributed by atoms with Crippen molar-refractivity contribution in [3.63, 3.8) is 0 Å². The molecule has 2 aliphatic rings. The zero-order valence-electron chi connectivity index (χ0n) is 19.6. The van der Waals surface area contributed by atoms with Gasteiger partial charge < -0.3 is 15.1 Å². The van der Waals surface area contributed by atoms with Crippen molar-refractivity contribution in [3.8, 4) is 0 Å². The molecule has 1 aliphatic carbocycles. The van der Waals surface area contributed by atoms with Gasteiger partial charge in [0.1, 0.15) is 0 Å². The number of benzene rings is 2. The van der Waals surface area contributed by atoms with Crippen molar-refractivity contribution < 1.29 is 9.59 Å². The van der Waals surface area contributed by atoms with Crippen molar-refractivity contribution >= 4 is 17.6 Å². The second kappa shape index (κ2) is 9.76. The molecule has 1 heterocycles. The van der Waals surface area contributed by atoms with Crippen LogP contribution in [0.2, 0.25) is 0 Å². The Morgan fingerprint density at radius 3 is 2.19 bits per heavy atom. The minimum atomic E-state index is -0.0166. The first-order chi connectivity index (χ1) is 15.4. The van der Waals surface area contributed by atoms with Gasteiger partial charge >= 0.3 is 6.03 Å². The predicted octanol–water partition coefficient (Wildman–Crippen LogP) is 5.30. The van der Waals surface area contributed by atoms with Gasteiger partial charge in [0.05, 0.1) is 0 Å². The Morgan fingerprint density at radius 1 is 0.938 bits per heavy atom. The fourth-order valence-electron chi connectivity index (χ4n) is 4.53. The number of anilines is 1. The van der Waals surface area contributed by atoms with E-state index >= 15 is 0 Å². The van der Waals surface area contributed by atoms with Crippen LogP contribution >= 0.6 is 0 Å². The third-order valence-electron chi connectivity index (χ3n) is 6.97. The minimum Gasteiger partial charge on any atom is -0.343 e. The van der Waals surface area contributed by atoms with Crippen LogP contribution in [0.4, 0.5) is 10.5 Å². The lowest BCUT2D eigenvalue weighted by molar-refractivity contribution is -0.130. The molecule has 2 aromatic carbocycles. The molecule has 0 unspecified atom stereocenters. The number of nitrogens with one attached hydrogen (secondary N) is 1. The largest absolute Gasteiger partial charge is 0.343 e. The number of hydrogen-bond donors (Lipinski definition) is 1. The van der Waals surface area contributed by atoms with Gasteiger partial charge in [0, 0.05) is 38.3 Å². The molecule has 3 amide bonds. The van der Waals surface area contributed by atoms with Crippen molar-refractivity contribution in [2.45, 2.75) is 65.5 Å². The summed E-state index contributed by atoms with van der Waals surface area (Å²) < 4.78 is 0. The van der Waals surface area contributed by atoms with Crippen LogP contribution in [0.15, 0.2) is 42.5 Å². The Labute approximate surface area is 191 Å². The molecule has 1 saturated carbocycles. The third-order valence-corrected chi connectivity index (χ3v) is 6.97. The third kappa shape index (κ3) is 5.70. The maximum Gasteiger partial charge on any atom is 0.322 e. The summed E-state index contributed by atoms with van der Waals surface area (Å²) in [7, 11) is 0. The fourth-order valence-corrected chi connectivity index (χ4v) is 4.53. The van der Waals surface area contributed by atoms with Crippen LogP contribution in [-0.4, -0.2) is 40.9 Å². The number of carbonyl (C=O) groups excluding carboxylic acids is 2. The summed E-state index contributed by atoms with van der Waals surface area (Å²) in [6, 6.07) is 15.1. The quantitative estimate of drug-likeness (QED) is 0.672. The number of nitrogens with zero attached hydrogens (tertiary/aromatic N) is 2. The lowest BCUT2D eigenvalue weighted by Crippen LogP contribution is -2.37. The summed E-state index contributed by atoms with van der Waals surface area (Å²) >= 11 is 0. The molecule has 2 fully saturated rings. The SMILES string of the molecule is CC(=O)N1CCC(Cc2ccc(CN(C(=O)Nc3ccc(C)c(C)c3)C3CC3)cc2)CC1. The number of piperidine rings is 1. The number of carbonyl (C=O) groups is 2. The Balaban J connectivity index is 1.33. The number of hydrogen-bond acceptors (Lipinski definition) is 2. The highest BCUT2D eigenvalue weighted by molar-refractivity contribution is 5.89. The van der Waals surface area contributed by atoms with Crippen LogP contribution in [0.3, 0.4) is 0 Å². The summed E-state index contributed by atoms with van der Waals surface area (Å²) in [5.74, 6) is 0.831. The monoisotopic (exact) mass is 433 g/mol. The first-order valence-corrected chi connectivity index (χ1v) is 11.9. The molecule has 1 aliphatic heterocycles. The Kier molecular flexibility index (Phi) is 6.83. The van der Waals surface area contributed by atoms with E-state index in [2.05, 4.69) is 49.5 Å². The van der Waals surface area contributed by atoms with Gasteiger partial charge in [-0.05, 0) is 86.3 Å². The van der Waals surface area contributed by atoms with Crippen LogP contribution in [0.25, 0.3) is 0 Å². The molecule has 4 rings (SSSR count). The van der Waals surface area contributed by atoms with E-state index in [1.807, 2.05) is 21.9 Å². The molecule has 1 saturated heterocycles. The van der Waals surface area contributed by atoms with Crippen LogP contribution in [-0.2, 0) is 17.8 Å². The number of aryl methyl sites for hydroxylation is 2. The Bertz CT molecular complexity index is 957. The highest BCUT2D eigenvalue weighted by atomic mass is 16.2. The van der Waals surface area contributed by atoms with Gasteiger partial charge in [0.15, 0.2) is 0 Å². The van der Waals surface area contributed by atoms with E-state index in [-0.39, 0.29) is 11.9 Å². The van der Waals surface area contributed by atoms with Gasteiger partial charge in [0.2, 0.25) is 5.91 Å². The van der Waals surface area contributed by atoms with E-state index < -0.39 is 0 Å². The first-order valence-electron chi connectivity index (χ1n) is 11.9. The first kappa shape index (κ1) is 22.4. The van der Waals surface area contributed by atoms with Crippen molar-refractivity contribution in [3.05, 3.63) is 64.7 Å². The number of amides is 3. The topological polar surface area (TPSA) is 52.7 Å². The Hall–Kier alpha value is -2.82. The normalized spacial score (nSPS) is 16.7. The van der Waals surface area contributed by atoms with Crippen molar-refractivity contribution in [1.82, 2.24) is 9.80 Å². The predicted molar refractivity (Wildman–Crippen MR) is 129 cm³/mol. The summed E-state index contributed by atoms with van der Waals surface area (Å²) in [5.41, 5.74) is 5.78. The molecule has 0 atom stereocenters. The zero-order chi connectivity index (χ0) is 22.7. The molecule has 2 aromatic rings. The average molecular weight is 434 g/mol. The lowest BCUT2D eigenvalue weighted by Gasteiger charge is -2.31. The van der Waals surface area contributed by atoms with E-state index in [1.54, 1.807) is 6.92 Å². The standard InChI is InChI=1S/C27H35N3O2/c1-19-4-9-25(16-20(19)2)28-27(32)30(26-10-11-26)18-24-7-5-22(6-8-24)17-23-12-14-29(15-13-23)21(3)31/h4-9,16,23,26H,10-15,17-18H2,1-3H3,(H,28,32). The van der Waals surface area contributed by atoms with E-state index in [1.165, 1.54) is 22.3 Å². The molecular weight excluding hydrogens is 398 g/mol. The van der Waals surface area contributed by atoms with Gasteiger partial charge in [0.25, 0.3) is 0 Å². The molecule has 0 bridgehead atoms. The van der Waals surface area contributed by atoms with E-state index in [4.69, 9.17) is 0 Å².